The van der Waals surface area contributed by atoms with E-state index >= 15 is 0 Å². The number of rotatable bonds is 5. The Bertz CT molecular complexity index is 1040. The van der Waals surface area contributed by atoms with Gasteiger partial charge in [0.25, 0.3) is 5.91 Å². The summed E-state index contributed by atoms with van der Waals surface area (Å²) < 4.78 is 0. The number of aryl methyl sites for hydroxylation is 1. The van der Waals surface area contributed by atoms with Crippen LogP contribution >= 0.6 is 11.6 Å². The second-order valence-electron chi connectivity index (χ2n) is 5.54. The highest BCUT2D eigenvalue weighted by Gasteiger charge is 2.10. The molecule has 27 heavy (non-hydrogen) atoms. The number of nitriles is 1. The van der Waals surface area contributed by atoms with Gasteiger partial charge in [-0.05, 0) is 48.0 Å². The summed E-state index contributed by atoms with van der Waals surface area (Å²) >= 11 is 5.99. The van der Waals surface area contributed by atoms with Crippen LogP contribution in [-0.2, 0) is 0 Å². The molecule has 0 bridgehead atoms. The fourth-order valence-corrected chi connectivity index (χ4v) is 2.42. The number of amides is 1. The van der Waals surface area contributed by atoms with Crippen molar-refractivity contribution in [2.45, 2.75) is 6.92 Å². The predicted molar refractivity (Wildman–Crippen MR) is 102 cm³/mol. The molecular formula is C18H14ClN7O. The third-order valence-corrected chi connectivity index (χ3v) is 3.90. The number of nitrogens with zero attached hydrogens (tertiary/aromatic N) is 4. The number of aromatic amines is 1. The van der Waals surface area contributed by atoms with Crippen LogP contribution in [0.3, 0.4) is 0 Å². The third kappa shape index (κ3) is 4.48. The van der Waals surface area contributed by atoms with Crippen molar-refractivity contribution in [2.24, 2.45) is 0 Å². The fourth-order valence-electron chi connectivity index (χ4n) is 2.25. The van der Waals surface area contributed by atoms with Crippen molar-refractivity contribution >= 4 is 34.5 Å². The molecule has 0 saturated heterocycles. The highest BCUT2D eigenvalue weighted by Crippen LogP contribution is 2.21. The quantitative estimate of drug-likeness (QED) is 0.584. The van der Waals surface area contributed by atoms with Crippen molar-refractivity contribution < 1.29 is 4.79 Å². The monoisotopic (exact) mass is 379 g/mol. The summed E-state index contributed by atoms with van der Waals surface area (Å²) in [5.41, 5.74) is 2.83. The molecule has 0 saturated carbocycles. The first kappa shape index (κ1) is 18.1. The minimum absolute atomic E-state index is 0.176. The van der Waals surface area contributed by atoms with Crippen LogP contribution in [0.15, 0.2) is 48.7 Å². The van der Waals surface area contributed by atoms with Crippen LogP contribution in [0.4, 0.5) is 11.4 Å². The number of allylic oxidation sites excluding steroid dienone is 1. The van der Waals surface area contributed by atoms with Crippen LogP contribution in [0.2, 0.25) is 5.02 Å². The van der Waals surface area contributed by atoms with Gasteiger partial charge in [-0.15, -0.1) is 10.2 Å². The van der Waals surface area contributed by atoms with Gasteiger partial charge in [0.2, 0.25) is 5.82 Å². The SMILES string of the molecule is Cc1ccc(Cl)cc1NC(=O)c1cccc(NC=C(C#N)c2nn[nH]n2)c1. The molecule has 2 aromatic carbocycles. The number of aromatic nitrogens is 4. The van der Waals surface area contributed by atoms with Crippen molar-refractivity contribution in [3.05, 3.63) is 70.6 Å². The summed E-state index contributed by atoms with van der Waals surface area (Å²) in [6, 6.07) is 14.1. The summed E-state index contributed by atoms with van der Waals surface area (Å²) in [6.07, 6.45) is 1.45. The first-order chi connectivity index (χ1) is 13.1. The molecule has 134 valence electrons. The number of hydrogen-bond donors (Lipinski definition) is 3. The van der Waals surface area contributed by atoms with Gasteiger partial charge in [0, 0.05) is 28.2 Å². The minimum atomic E-state index is -0.272. The van der Waals surface area contributed by atoms with E-state index in [9.17, 15) is 10.1 Å². The van der Waals surface area contributed by atoms with Crippen LogP contribution in [0.1, 0.15) is 21.7 Å². The molecule has 3 rings (SSSR count). The number of benzene rings is 2. The van der Waals surface area contributed by atoms with Gasteiger partial charge < -0.3 is 10.6 Å². The van der Waals surface area contributed by atoms with Crippen molar-refractivity contribution in [1.82, 2.24) is 20.6 Å². The summed E-state index contributed by atoms with van der Waals surface area (Å²) in [6.45, 7) is 1.88. The Morgan fingerprint density at radius 1 is 1.30 bits per heavy atom. The van der Waals surface area contributed by atoms with Gasteiger partial charge in [0.15, 0.2) is 0 Å². The molecule has 0 unspecified atom stereocenters. The number of tetrazole rings is 1. The summed E-state index contributed by atoms with van der Waals surface area (Å²) in [4.78, 5) is 12.5. The summed E-state index contributed by atoms with van der Waals surface area (Å²) in [7, 11) is 0. The number of carbonyl (C=O) groups is 1. The molecule has 8 nitrogen and oxygen atoms in total. The minimum Gasteiger partial charge on any atom is -0.360 e. The first-order valence-corrected chi connectivity index (χ1v) is 8.23. The van der Waals surface area contributed by atoms with E-state index in [4.69, 9.17) is 11.6 Å². The van der Waals surface area contributed by atoms with Gasteiger partial charge in [-0.1, -0.05) is 23.7 Å². The lowest BCUT2D eigenvalue weighted by molar-refractivity contribution is 0.102. The standard InChI is InChI=1S/C18H14ClN7O/c1-11-5-6-14(19)8-16(11)22-18(27)12-3-2-4-15(7-12)21-10-13(9-20)17-23-25-26-24-17/h2-8,10,21H,1H3,(H,22,27)(H,23,24,25,26). The average molecular weight is 380 g/mol. The second kappa shape index (κ2) is 8.12. The number of halogens is 1. The van der Waals surface area contributed by atoms with Crippen molar-refractivity contribution in [3.63, 3.8) is 0 Å². The van der Waals surface area contributed by atoms with Crippen molar-refractivity contribution in [3.8, 4) is 6.07 Å². The molecule has 9 heteroatoms. The largest absolute Gasteiger partial charge is 0.360 e. The number of carbonyl (C=O) groups excluding carboxylic acids is 1. The molecule has 0 radical (unpaired) electrons. The Labute approximate surface area is 159 Å². The van der Waals surface area contributed by atoms with Crippen molar-refractivity contribution in [2.75, 3.05) is 10.6 Å². The Morgan fingerprint density at radius 3 is 2.89 bits per heavy atom. The van der Waals surface area contributed by atoms with Crippen LogP contribution in [0.25, 0.3) is 5.57 Å². The van der Waals surface area contributed by atoms with Crippen LogP contribution in [0, 0.1) is 18.3 Å². The zero-order valence-corrected chi connectivity index (χ0v) is 14.9. The topological polar surface area (TPSA) is 119 Å². The Kier molecular flexibility index (Phi) is 5.44. The van der Waals surface area contributed by atoms with Crippen LogP contribution in [0.5, 0.6) is 0 Å². The van der Waals surface area contributed by atoms with Crippen molar-refractivity contribution in [1.29, 1.82) is 5.26 Å². The first-order valence-electron chi connectivity index (χ1n) is 7.85. The van der Waals surface area contributed by atoms with E-state index in [-0.39, 0.29) is 17.3 Å². The molecule has 0 spiro atoms. The number of H-pyrrole nitrogens is 1. The second-order valence-corrected chi connectivity index (χ2v) is 5.98. The number of hydrogen-bond acceptors (Lipinski definition) is 6. The van der Waals surface area contributed by atoms with Gasteiger partial charge in [-0.3, -0.25) is 4.79 Å². The molecule has 0 atom stereocenters. The van der Waals surface area contributed by atoms with Gasteiger partial charge in [-0.25, -0.2) is 0 Å². The lowest BCUT2D eigenvalue weighted by Crippen LogP contribution is -2.13. The molecule has 0 aliphatic heterocycles. The van der Waals surface area contributed by atoms with E-state index in [1.807, 2.05) is 19.1 Å². The van der Waals surface area contributed by atoms with E-state index in [2.05, 4.69) is 31.3 Å². The zero-order chi connectivity index (χ0) is 19.2. The average Bonchev–Trinajstić information content (AvgIpc) is 3.20. The van der Waals surface area contributed by atoms with Gasteiger partial charge in [0.1, 0.15) is 11.6 Å². The molecule has 1 aromatic heterocycles. The van der Waals surface area contributed by atoms with Gasteiger partial charge >= 0.3 is 0 Å². The Hall–Kier alpha value is -3.70. The molecule has 1 amide bonds. The number of anilines is 2. The van der Waals surface area contributed by atoms with Crippen LogP contribution < -0.4 is 10.6 Å². The Balaban J connectivity index is 1.76. The fraction of sp³-hybridized carbons (Fsp3) is 0.0556. The van der Waals surface area contributed by atoms with Gasteiger partial charge in [0.05, 0.1) is 0 Å². The lowest BCUT2D eigenvalue weighted by Gasteiger charge is -2.10. The lowest BCUT2D eigenvalue weighted by atomic mass is 10.1. The molecule has 0 aliphatic carbocycles. The summed E-state index contributed by atoms with van der Waals surface area (Å²) in [5.74, 6) is -0.0954. The highest BCUT2D eigenvalue weighted by molar-refractivity contribution is 6.31. The maximum Gasteiger partial charge on any atom is 0.255 e. The zero-order valence-electron chi connectivity index (χ0n) is 14.2. The Morgan fingerprint density at radius 2 is 2.15 bits per heavy atom. The van der Waals surface area contributed by atoms with E-state index in [1.54, 1.807) is 36.4 Å². The predicted octanol–water partition coefficient (Wildman–Crippen LogP) is 3.39. The summed E-state index contributed by atoms with van der Waals surface area (Å²) in [5, 5.41) is 28.7. The maximum absolute atomic E-state index is 12.5. The molecule has 0 fully saturated rings. The molecule has 0 aliphatic rings. The molecule has 3 aromatic rings. The maximum atomic E-state index is 12.5. The third-order valence-electron chi connectivity index (χ3n) is 3.66. The highest BCUT2D eigenvalue weighted by atomic mass is 35.5. The molecule has 1 heterocycles. The molecule has 3 N–H and O–H groups in total. The van der Waals surface area contributed by atoms with E-state index in [0.717, 1.165) is 5.56 Å². The normalized spacial score (nSPS) is 10.9. The van der Waals surface area contributed by atoms with Gasteiger partial charge in [-0.2, -0.15) is 10.5 Å². The van der Waals surface area contributed by atoms with E-state index in [0.29, 0.717) is 22.0 Å². The van der Waals surface area contributed by atoms with E-state index in [1.165, 1.54) is 6.20 Å². The van der Waals surface area contributed by atoms with Crippen LogP contribution in [-0.4, -0.2) is 26.5 Å². The number of nitrogens with one attached hydrogen (secondary N) is 3. The van der Waals surface area contributed by atoms with E-state index < -0.39 is 0 Å². The molecular weight excluding hydrogens is 366 g/mol. The smallest absolute Gasteiger partial charge is 0.255 e.